The largest absolute Gasteiger partial charge is 0.464 e. The number of hydrogen-bond donors (Lipinski definition) is 1. The van der Waals surface area contributed by atoms with E-state index in [9.17, 15) is 9.59 Å². The maximum atomic E-state index is 13.2. The van der Waals surface area contributed by atoms with E-state index >= 15 is 0 Å². The lowest BCUT2D eigenvalue weighted by atomic mass is 9.95. The van der Waals surface area contributed by atoms with Crippen LogP contribution in [-0.4, -0.2) is 45.9 Å². The SMILES string of the molecule is CCN(CC)CCCc1cccc2c(C3=C(c4cncc5ccoc45)C(=O)NC3=O)cn(C(C)C)c12. The van der Waals surface area contributed by atoms with Crippen LogP contribution >= 0.6 is 0 Å². The summed E-state index contributed by atoms with van der Waals surface area (Å²) in [7, 11) is 0. The molecule has 4 aromatic rings. The molecule has 0 bridgehead atoms. The van der Waals surface area contributed by atoms with E-state index in [0.717, 1.165) is 54.3 Å². The van der Waals surface area contributed by atoms with Gasteiger partial charge in [0.15, 0.2) is 0 Å². The average Bonchev–Trinajstić information content (AvgIpc) is 3.57. The Kier molecular flexibility index (Phi) is 6.49. The van der Waals surface area contributed by atoms with Crippen molar-refractivity contribution in [2.75, 3.05) is 19.6 Å². The monoisotopic (exact) mass is 484 g/mol. The molecule has 1 N–H and O–H groups in total. The minimum atomic E-state index is -0.429. The number of imide groups is 1. The summed E-state index contributed by atoms with van der Waals surface area (Å²) in [5, 5.41) is 4.27. The highest BCUT2D eigenvalue weighted by Gasteiger charge is 2.35. The Morgan fingerprint density at radius 1 is 1.03 bits per heavy atom. The zero-order chi connectivity index (χ0) is 25.4. The van der Waals surface area contributed by atoms with Crippen molar-refractivity contribution < 1.29 is 14.0 Å². The van der Waals surface area contributed by atoms with Gasteiger partial charge in [-0.25, -0.2) is 0 Å². The third-order valence-electron chi connectivity index (χ3n) is 7.13. The maximum Gasteiger partial charge on any atom is 0.259 e. The number of carbonyl (C=O) groups excluding carboxylic acids is 2. The van der Waals surface area contributed by atoms with Gasteiger partial charge in [0.2, 0.25) is 0 Å². The van der Waals surface area contributed by atoms with Gasteiger partial charge in [-0.05, 0) is 58.0 Å². The fourth-order valence-corrected chi connectivity index (χ4v) is 5.27. The molecular formula is C29H32N4O3. The number of fused-ring (bicyclic) bond motifs is 2. The van der Waals surface area contributed by atoms with Gasteiger partial charge in [-0.15, -0.1) is 0 Å². The van der Waals surface area contributed by atoms with Gasteiger partial charge in [-0.2, -0.15) is 0 Å². The van der Waals surface area contributed by atoms with Crippen LogP contribution in [0.4, 0.5) is 0 Å². The third-order valence-corrected chi connectivity index (χ3v) is 7.13. The third kappa shape index (κ3) is 4.03. The molecule has 1 aliphatic rings. The van der Waals surface area contributed by atoms with Crippen molar-refractivity contribution in [3.05, 3.63) is 65.8 Å². The molecule has 1 aliphatic heterocycles. The molecule has 5 rings (SSSR count). The van der Waals surface area contributed by atoms with Gasteiger partial charge in [-0.3, -0.25) is 19.9 Å². The number of nitrogens with one attached hydrogen (secondary N) is 1. The number of aromatic nitrogens is 2. The molecule has 0 unspecified atom stereocenters. The van der Waals surface area contributed by atoms with Crippen LogP contribution in [0.1, 0.15) is 56.8 Å². The molecule has 1 aromatic carbocycles. The quantitative estimate of drug-likeness (QED) is 0.330. The Labute approximate surface area is 210 Å². The lowest BCUT2D eigenvalue weighted by Gasteiger charge is -2.18. The van der Waals surface area contributed by atoms with Gasteiger partial charge in [0.1, 0.15) is 5.58 Å². The molecule has 36 heavy (non-hydrogen) atoms. The second-order valence-electron chi connectivity index (χ2n) is 9.55. The van der Waals surface area contributed by atoms with Crippen molar-refractivity contribution in [1.29, 1.82) is 0 Å². The number of nitrogens with zero attached hydrogens (tertiary/aromatic N) is 3. The van der Waals surface area contributed by atoms with Gasteiger partial charge >= 0.3 is 0 Å². The molecule has 0 radical (unpaired) electrons. The second-order valence-corrected chi connectivity index (χ2v) is 9.55. The highest BCUT2D eigenvalue weighted by molar-refractivity contribution is 6.50. The molecule has 0 saturated carbocycles. The van der Waals surface area contributed by atoms with Crippen LogP contribution in [0.3, 0.4) is 0 Å². The molecule has 2 amide bonds. The van der Waals surface area contributed by atoms with E-state index in [1.54, 1.807) is 24.7 Å². The van der Waals surface area contributed by atoms with E-state index in [4.69, 9.17) is 4.42 Å². The van der Waals surface area contributed by atoms with Crippen LogP contribution in [-0.2, 0) is 16.0 Å². The number of amides is 2. The molecule has 0 fully saturated rings. The average molecular weight is 485 g/mol. The molecule has 7 heteroatoms. The van der Waals surface area contributed by atoms with Crippen molar-refractivity contribution >= 4 is 44.8 Å². The van der Waals surface area contributed by atoms with E-state index in [1.807, 2.05) is 18.3 Å². The Hall–Kier alpha value is -3.71. The molecule has 7 nitrogen and oxygen atoms in total. The second kappa shape index (κ2) is 9.74. The van der Waals surface area contributed by atoms with E-state index < -0.39 is 11.8 Å². The molecule has 3 aromatic heterocycles. The lowest BCUT2D eigenvalue weighted by Crippen LogP contribution is -2.24. The van der Waals surface area contributed by atoms with Crippen LogP contribution in [0.5, 0.6) is 0 Å². The number of aryl methyl sites for hydroxylation is 1. The van der Waals surface area contributed by atoms with Gasteiger partial charge in [0, 0.05) is 46.5 Å². The summed E-state index contributed by atoms with van der Waals surface area (Å²) >= 11 is 0. The lowest BCUT2D eigenvalue weighted by molar-refractivity contribution is -0.122. The fourth-order valence-electron chi connectivity index (χ4n) is 5.27. The predicted octanol–water partition coefficient (Wildman–Crippen LogP) is 5.21. The van der Waals surface area contributed by atoms with Crippen LogP contribution in [0.15, 0.2) is 53.5 Å². The number of benzene rings is 1. The Morgan fingerprint density at radius 2 is 1.78 bits per heavy atom. The first-order valence-electron chi connectivity index (χ1n) is 12.7. The number of para-hydroxylation sites is 1. The van der Waals surface area contributed by atoms with Crippen molar-refractivity contribution in [3.8, 4) is 0 Å². The van der Waals surface area contributed by atoms with E-state index in [1.165, 1.54) is 5.56 Å². The number of rotatable bonds is 9. The molecule has 4 heterocycles. The highest BCUT2D eigenvalue weighted by atomic mass is 16.3. The number of furan rings is 1. The number of pyridine rings is 1. The van der Waals surface area contributed by atoms with Crippen molar-refractivity contribution in [2.45, 2.75) is 46.6 Å². The normalized spacial score (nSPS) is 14.3. The van der Waals surface area contributed by atoms with E-state index in [2.05, 4.69) is 53.5 Å². The van der Waals surface area contributed by atoms with Crippen LogP contribution in [0, 0.1) is 0 Å². The smallest absolute Gasteiger partial charge is 0.259 e. The molecular weight excluding hydrogens is 452 g/mol. The Morgan fingerprint density at radius 3 is 2.50 bits per heavy atom. The molecule has 0 saturated heterocycles. The first-order valence-corrected chi connectivity index (χ1v) is 12.7. The van der Waals surface area contributed by atoms with E-state index in [0.29, 0.717) is 22.3 Å². The van der Waals surface area contributed by atoms with Gasteiger partial charge in [0.25, 0.3) is 11.8 Å². The first kappa shape index (κ1) is 24.0. The van der Waals surface area contributed by atoms with E-state index in [-0.39, 0.29) is 6.04 Å². The summed E-state index contributed by atoms with van der Waals surface area (Å²) in [4.78, 5) is 33.0. The summed E-state index contributed by atoms with van der Waals surface area (Å²) in [6, 6.07) is 8.26. The minimum Gasteiger partial charge on any atom is -0.464 e. The van der Waals surface area contributed by atoms with Gasteiger partial charge in [-0.1, -0.05) is 32.0 Å². The molecule has 0 spiro atoms. The van der Waals surface area contributed by atoms with Crippen molar-refractivity contribution in [1.82, 2.24) is 19.8 Å². The zero-order valence-corrected chi connectivity index (χ0v) is 21.3. The minimum absolute atomic E-state index is 0.185. The van der Waals surface area contributed by atoms with Gasteiger partial charge in [0.05, 0.1) is 22.9 Å². The van der Waals surface area contributed by atoms with Crippen LogP contribution in [0.25, 0.3) is 33.0 Å². The topological polar surface area (TPSA) is 80.4 Å². The maximum absolute atomic E-state index is 13.2. The van der Waals surface area contributed by atoms with Crippen LogP contribution in [0.2, 0.25) is 0 Å². The molecule has 0 atom stereocenters. The van der Waals surface area contributed by atoms with Crippen LogP contribution < -0.4 is 5.32 Å². The summed E-state index contributed by atoms with van der Waals surface area (Å²) in [5.41, 5.74) is 4.88. The van der Waals surface area contributed by atoms with Gasteiger partial charge < -0.3 is 13.9 Å². The standard InChI is InChI=1S/C29H32N4O3/c1-5-32(6-2)13-8-10-19-9-7-11-21-23(17-33(18(3)4)26(19)21)25-24(28(34)31-29(25)35)22-16-30-15-20-12-14-36-27(20)22/h7,9,11-12,14-18H,5-6,8,10,13H2,1-4H3,(H,31,34,35). The Balaban J connectivity index is 1.68. The Bertz CT molecular complexity index is 1490. The summed E-state index contributed by atoms with van der Waals surface area (Å²) in [6.45, 7) is 11.8. The summed E-state index contributed by atoms with van der Waals surface area (Å²) in [6.07, 6.45) is 8.87. The zero-order valence-electron chi connectivity index (χ0n) is 21.3. The molecule has 0 aliphatic carbocycles. The number of carbonyl (C=O) groups is 2. The summed E-state index contributed by atoms with van der Waals surface area (Å²) < 4.78 is 7.91. The van der Waals surface area contributed by atoms with Crippen molar-refractivity contribution in [2.24, 2.45) is 0 Å². The fraction of sp³-hybridized carbons (Fsp3) is 0.345. The summed E-state index contributed by atoms with van der Waals surface area (Å²) in [5.74, 6) is -0.824. The predicted molar refractivity (Wildman–Crippen MR) is 142 cm³/mol. The first-order chi connectivity index (χ1) is 17.4. The molecule has 186 valence electrons. The number of hydrogen-bond acceptors (Lipinski definition) is 5. The highest BCUT2D eigenvalue weighted by Crippen LogP contribution is 2.39. The van der Waals surface area contributed by atoms with Crippen molar-refractivity contribution in [3.63, 3.8) is 0 Å².